The standard InChI is InChI=1S/C9H6BrF4NO/c1-4(16)15-8-6(9(12,13)14)2-5(10)3-7(8)11/h2-3H,1H3,(H,15,16). The lowest BCUT2D eigenvalue weighted by Crippen LogP contribution is -2.15. The Morgan fingerprint density at radius 1 is 1.38 bits per heavy atom. The second-order valence-electron chi connectivity index (χ2n) is 2.99. The van der Waals surface area contributed by atoms with Gasteiger partial charge in [-0.15, -0.1) is 0 Å². The zero-order chi connectivity index (χ0) is 12.5. The number of amides is 1. The summed E-state index contributed by atoms with van der Waals surface area (Å²) in [5, 5.41) is 1.82. The topological polar surface area (TPSA) is 29.1 Å². The van der Waals surface area contributed by atoms with Gasteiger partial charge in [0.05, 0.1) is 11.3 Å². The molecule has 0 saturated heterocycles. The second kappa shape index (κ2) is 4.40. The number of halogens is 5. The van der Waals surface area contributed by atoms with E-state index in [0.717, 1.165) is 13.0 Å². The third kappa shape index (κ3) is 2.94. The molecule has 0 saturated carbocycles. The van der Waals surface area contributed by atoms with Crippen LogP contribution in [0.4, 0.5) is 23.2 Å². The molecule has 1 aromatic carbocycles. The smallest absolute Gasteiger partial charge is 0.323 e. The van der Waals surface area contributed by atoms with Crippen molar-refractivity contribution in [3.63, 3.8) is 0 Å². The summed E-state index contributed by atoms with van der Waals surface area (Å²) >= 11 is 2.75. The van der Waals surface area contributed by atoms with Crippen LogP contribution in [0.1, 0.15) is 12.5 Å². The number of hydrogen-bond acceptors (Lipinski definition) is 1. The van der Waals surface area contributed by atoms with Crippen molar-refractivity contribution in [2.24, 2.45) is 0 Å². The van der Waals surface area contributed by atoms with E-state index in [4.69, 9.17) is 0 Å². The summed E-state index contributed by atoms with van der Waals surface area (Å²) in [5.41, 5.74) is -2.09. The number of alkyl halides is 3. The van der Waals surface area contributed by atoms with Gasteiger partial charge in [0.15, 0.2) is 0 Å². The molecule has 1 aromatic rings. The van der Waals surface area contributed by atoms with Gasteiger partial charge >= 0.3 is 6.18 Å². The minimum absolute atomic E-state index is 0.0496. The summed E-state index contributed by atoms with van der Waals surface area (Å²) in [6, 6.07) is 1.55. The van der Waals surface area contributed by atoms with E-state index in [1.54, 1.807) is 0 Å². The molecule has 1 rings (SSSR count). The molecule has 0 heterocycles. The maximum Gasteiger partial charge on any atom is 0.418 e. The largest absolute Gasteiger partial charge is 0.418 e. The molecule has 16 heavy (non-hydrogen) atoms. The third-order valence-electron chi connectivity index (χ3n) is 1.66. The van der Waals surface area contributed by atoms with Crippen LogP contribution in [0.25, 0.3) is 0 Å². The van der Waals surface area contributed by atoms with Gasteiger partial charge < -0.3 is 5.32 Å². The van der Waals surface area contributed by atoms with E-state index in [0.29, 0.717) is 6.07 Å². The molecule has 1 amide bonds. The number of carbonyl (C=O) groups excluding carboxylic acids is 1. The molecular formula is C9H6BrF4NO. The molecule has 0 aliphatic rings. The summed E-state index contributed by atoms with van der Waals surface area (Å²) in [6.45, 7) is 1.00. The van der Waals surface area contributed by atoms with E-state index in [-0.39, 0.29) is 4.47 Å². The molecule has 0 aliphatic carbocycles. The number of benzene rings is 1. The molecule has 0 atom stereocenters. The van der Waals surface area contributed by atoms with Gasteiger partial charge in [-0.25, -0.2) is 4.39 Å². The van der Waals surface area contributed by atoms with E-state index in [1.165, 1.54) is 0 Å². The fraction of sp³-hybridized carbons (Fsp3) is 0.222. The zero-order valence-corrected chi connectivity index (χ0v) is 9.54. The average Bonchev–Trinajstić information content (AvgIpc) is 2.06. The lowest BCUT2D eigenvalue weighted by Gasteiger charge is -2.14. The Morgan fingerprint density at radius 2 is 1.94 bits per heavy atom. The van der Waals surface area contributed by atoms with Gasteiger partial charge in [-0.2, -0.15) is 13.2 Å². The maximum atomic E-state index is 13.3. The first-order valence-corrected chi connectivity index (χ1v) is 4.85. The quantitative estimate of drug-likeness (QED) is 0.789. The summed E-state index contributed by atoms with van der Waals surface area (Å²) in [7, 11) is 0. The minimum Gasteiger partial charge on any atom is -0.323 e. The highest BCUT2D eigenvalue weighted by Gasteiger charge is 2.35. The Morgan fingerprint density at radius 3 is 2.38 bits per heavy atom. The Balaban J connectivity index is 3.38. The second-order valence-corrected chi connectivity index (χ2v) is 3.90. The lowest BCUT2D eigenvalue weighted by atomic mass is 10.1. The number of nitrogens with one attached hydrogen (secondary N) is 1. The normalized spacial score (nSPS) is 11.4. The molecule has 0 aromatic heterocycles. The number of hydrogen-bond donors (Lipinski definition) is 1. The van der Waals surface area contributed by atoms with Gasteiger partial charge in [-0.1, -0.05) is 15.9 Å². The summed E-state index contributed by atoms with van der Waals surface area (Å²) in [6.07, 6.45) is -4.73. The molecule has 2 nitrogen and oxygen atoms in total. The van der Waals surface area contributed by atoms with Gasteiger partial charge in [-0.3, -0.25) is 4.79 Å². The van der Waals surface area contributed by atoms with E-state index in [2.05, 4.69) is 15.9 Å². The molecule has 0 unspecified atom stereocenters. The van der Waals surface area contributed by atoms with Gasteiger partial charge in [0.1, 0.15) is 5.82 Å². The van der Waals surface area contributed by atoms with E-state index in [9.17, 15) is 22.4 Å². The highest BCUT2D eigenvalue weighted by Crippen LogP contribution is 2.38. The first kappa shape index (κ1) is 13.0. The third-order valence-corrected chi connectivity index (χ3v) is 2.12. The van der Waals surface area contributed by atoms with Crippen molar-refractivity contribution in [1.82, 2.24) is 0 Å². The zero-order valence-electron chi connectivity index (χ0n) is 7.95. The van der Waals surface area contributed by atoms with Crippen LogP contribution in [0, 0.1) is 5.82 Å². The first-order valence-electron chi connectivity index (χ1n) is 4.05. The fourth-order valence-corrected chi connectivity index (χ4v) is 1.53. The number of carbonyl (C=O) groups is 1. The predicted octanol–water partition coefficient (Wildman–Crippen LogP) is 3.57. The molecular weight excluding hydrogens is 294 g/mol. The minimum atomic E-state index is -4.73. The van der Waals surface area contributed by atoms with Crippen molar-refractivity contribution >= 4 is 27.5 Å². The molecule has 0 radical (unpaired) electrons. The molecule has 0 spiro atoms. The van der Waals surface area contributed by atoms with Crippen molar-refractivity contribution in [2.75, 3.05) is 5.32 Å². The predicted molar refractivity (Wildman–Crippen MR) is 53.4 cm³/mol. The Hall–Kier alpha value is -1.11. The molecule has 88 valence electrons. The Bertz CT molecular complexity index is 430. The van der Waals surface area contributed by atoms with E-state index < -0.39 is 29.2 Å². The van der Waals surface area contributed by atoms with Crippen molar-refractivity contribution < 1.29 is 22.4 Å². The highest BCUT2D eigenvalue weighted by atomic mass is 79.9. The molecule has 0 aliphatic heterocycles. The number of anilines is 1. The van der Waals surface area contributed by atoms with Crippen LogP contribution < -0.4 is 5.32 Å². The van der Waals surface area contributed by atoms with Crippen LogP contribution in [0.2, 0.25) is 0 Å². The maximum absolute atomic E-state index is 13.3. The summed E-state index contributed by atoms with van der Waals surface area (Å²) in [4.78, 5) is 10.7. The Labute approximate surface area is 96.8 Å². The highest BCUT2D eigenvalue weighted by molar-refractivity contribution is 9.10. The van der Waals surface area contributed by atoms with Crippen LogP contribution in [-0.4, -0.2) is 5.91 Å². The molecule has 0 fully saturated rings. The van der Waals surface area contributed by atoms with Crippen LogP contribution in [0.5, 0.6) is 0 Å². The monoisotopic (exact) mass is 299 g/mol. The van der Waals surface area contributed by atoms with Crippen molar-refractivity contribution in [2.45, 2.75) is 13.1 Å². The van der Waals surface area contributed by atoms with Gasteiger partial charge in [0.2, 0.25) is 5.91 Å². The molecule has 0 bridgehead atoms. The lowest BCUT2D eigenvalue weighted by molar-refractivity contribution is -0.137. The van der Waals surface area contributed by atoms with Crippen LogP contribution in [0.15, 0.2) is 16.6 Å². The van der Waals surface area contributed by atoms with Crippen molar-refractivity contribution in [3.8, 4) is 0 Å². The molecule has 1 N–H and O–H groups in total. The Kier molecular flexibility index (Phi) is 3.57. The van der Waals surface area contributed by atoms with Crippen LogP contribution in [0.3, 0.4) is 0 Å². The van der Waals surface area contributed by atoms with Crippen molar-refractivity contribution in [3.05, 3.63) is 28.0 Å². The average molecular weight is 300 g/mol. The molecule has 7 heteroatoms. The van der Waals surface area contributed by atoms with Crippen LogP contribution >= 0.6 is 15.9 Å². The summed E-state index contributed by atoms with van der Waals surface area (Å²) in [5.74, 6) is -1.91. The summed E-state index contributed by atoms with van der Waals surface area (Å²) < 4.78 is 50.8. The van der Waals surface area contributed by atoms with Crippen molar-refractivity contribution in [1.29, 1.82) is 0 Å². The van der Waals surface area contributed by atoms with E-state index in [1.807, 2.05) is 5.32 Å². The van der Waals surface area contributed by atoms with Gasteiger partial charge in [0, 0.05) is 11.4 Å². The van der Waals surface area contributed by atoms with Gasteiger partial charge in [-0.05, 0) is 12.1 Å². The SMILES string of the molecule is CC(=O)Nc1c(F)cc(Br)cc1C(F)(F)F. The number of rotatable bonds is 1. The van der Waals surface area contributed by atoms with Gasteiger partial charge in [0.25, 0.3) is 0 Å². The van der Waals surface area contributed by atoms with E-state index >= 15 is 0 Å². The first-order chi connectivity index (χ1) is 7.21. The fourth-order valence-electron chi connectivity index (χ4n) is 1.10. The van der Waals surface area contributed by atoms with Crippen LogP contribution in [-0.2, 0) is 11.0 Å².